The van der Waals surface area contributed by atoms with Gasteiger partial charge in [0.25, 0.3) is 5.69 Å². The van der Waals surface area contributed by atoms with E-state index in [9.17, 15) is 36.5 Å². The van der Waals surface area contributed by atoms with Crippen molar-refractivity contribution < 1.29 is 51.1 Å². The summed E-state index contributed by atoms with van der Waals surface area (Å²) in [7, 11) is 0. The molecule has 1 saturated heterocycles. The number of piperazine rings is 1. The van der Waals surface area contributed by atoms with E-state index in [1.165, 1.54) is 0 Å². The highest BCUT2D eigenvalue weighted by Gasteiger charge is 2.38. The number of hydrogen-bond donors (Lipinski definition) is 2. The van der Waals surface area contributed by atoms with Crippen molar-refractivity contribution in [3.63, 3.8) is 0 Å². The predicted molar refractivity (Wildman–Crippen MR) is 106 cm³/mol. The average Bonchev–Trinajstić information content (AvgIpc) is 2.68. The van der Waals surface area contributed by atoms with E-state index in [-0.39, 0.29) is 10.6 Å². The number of nitro groups is 1. The summed E-state index contributed by atoms with van der Waals surface area (Å²) in [5.74, 6) is -5.51. The molecule has 1 heterocycles. The molecule has 1 aromatic rings. The van der Waals surface area contributed by atoms with Crippen LogP contribution in [-0.2, 0) is 16.1 Å². The summed E-state index contributed by atoms with van der Waals surface area (Å²) in [6.07, 6.45) is -10.2. The Morgan fingerprint density at radius 2 is 1.39 bits per heavy atom. The predicted octanol–water partition coefficient (Wildman–Crippen LogP) is 3.76. The number of carboxylic acid groups (broad SMARTS) is 2. The Bertz CT molecular complexity index is 789. The van der Waals surface area contributed by atoms with E-state index in [1.807, 2.05) is 6.07 Å². The number of aliphatic carboxylic acids is 2. The van der Waals surface area contributed by atoms with E-state index in [1.54, 1.807) is 12.1 Å². The number of likely N-dealkylation sites (N-methyl/N-ethyl adjacent to an activating group) is 1. The number of carbonyl (C=O) groups is 2. The largest absolute Gasteiger partial charge is 0.490 e. The lowest BCUT2D eigenvalue weighted by molar-refractivity contribution is -0.385. The molecule has 0 amide bonds. The van der Waals surface area contributed by atoms with Gasteiger partial charge in [0.15, 0.2) is 0 Å². The molecule has 9 nitrogen and oxygen atoms in total. The lowest BCUT2D eigenvalue weighted by Gasteiger charge is -2.33. The second kappa shape index (κ2) is 13.3. The van der Waals surface area contributed by atoms with Crippen LogP contribution < -0.4 is 0 Å². The van der Waals surface area contributed by atoms with Crippen LogP contribution in [0.1, 0.15) is 12.5 Å². The summed E-state index contributed by atoms with van der Waals surface area (Å²) in [5.41, 5.74) is 0.991. The van der Waals surface area contributed by atoms with E-state index in [4.69, 9.17) is 19.8 Å². The van der Waals surface area contributed by atoms with Crippen molar-refractivity contribution in [3.05, 3.63) is 38.3 Å². The Morgan fingerprint density at radius 3 is 1.73 bits per heavy atom. The average molecular weight is 556 g/mol. The van der Waals surface area contributed by atoms with Crippen LogP contribution in [0.25, 0.3) is 0 Å². The van der Waals surface area contributed by atoms with Crippen LogP contribution in [0.3, 0.4) is 0 Å². The number of rotatable bonds is 4. The highest BCUT2D eigenvalue weighted by atomic mass is 79.9. The number of nitrogens with zero attached hydrogens (tertiary/aromatic N) is 3. The minimum Gasteiger partial charge on any atom is -0.475 e. The van der Waals surface area contributed by atoms with Gasteiger partial charge >= 0.3 is 24.3 Å². The third-order valence-corrected chi connectivity index (χ3v) is 4.52. The maximum Gasteiger partial charge on any atom is 0.490 e. The van der Waals surface area contributed by atoms with Gasteiger partial charge in [0.1, 0.15) is 0 Å². The molecule has 1 aromatic carbocycles. The number of hydrogen-bond acceptors (Lipinski definition) is 6. The van der Waals surface area contributed by atoms with Crippen LogP contribution >= 0.6 is 15.9 Å². The second-order valence-electron chi connectivity index (χ2n) is 6.35. The first-order valence-electron chi connectivity index (χ1n) is 8.96. The molecule has 0 bridgehead atoms. The first-order valence-corrected chi connectivity index (χ1v) is 9.76. The van der Waals surface area contributed by atoms with Gasteiger partial charge in [0.05, 0.1) is 4.92 Å². The number of carboxylic acids is 2. The summed E-state index contributed by atoms with van der Waals surface area (Å²) >= 11 is 3.38. The fourth-order valence-corrected chi connectivity index (χ4v) is 2.77. The monoisotopic (exact) mass is 555 g/mol. The van der Waals surface area contributed by atoms with Gasteiger partial charge in [-0.3, -0.25) is 15.0 Å². The topological polar surface area (TPSA) is 124 Å². The summed E-state index contributed by atoms with van der Waals surface area (Å²) in [6, 6.07) is 5.14. The van der Waals surface area contributed by atoms with Crippen molar-refractivity contribution in [3.8, 4) is 0 Å². The Morgan fingerprint density at radius 1 is 1.00 bits per heavy atom. The molecule has 0 unspecified atom stereocenters. The van der Waals surface area contributed by atoms with Crippen molar-refractivity contribution in [1.82, 2.24) is 9.80 Å². The highest BCUT2D eigenvalue weighted by molar-refractivity contribution is 9.10. The number of halogens is 7. The van der Waals surface area contributed by atoms with Crippen molar-refractivity contribution in [1.29, 1.82) is 0 Å². The lowest BCUT2D eigenvalue weighted by Crippen LogP contribution is -2.45. The highest BCUT2D eigenvalue weighted by Crippen LogP contribution is 2.24. The fourth-order valence-electron chi connectivity index (χ4n) is 2.36. The molecule has 0 atom stereocenters. The van der Waals surface area contributed by atoms with E-state index in [0.29, 0.717) is 6.54 Å². The number of benzene rings is 1. The summed E-state index contributed by atoms with van der Waals surface area (Å²) in [4.78, 5) is 33.2. The third-order valence-electron chi connectivity index (χ3n) is 4.03. The van der Waals surface area contributed by atoms with Crippen molar-refractivity contribution in [2.45, 2.75) is 25.8 Å². The maximum absolute atomic E-state index is 11.0. The van der Waals surface area contributed by atoms with Gasteiger partial charge in [-0.15, -0.1) is 0 Å². The first kappa shape index (κ1) is 30.5. The van der Waals surface area contributed by atoms with Crippen LogP contribution in [0.15, 0.2) is 22.7 Å². The Labute approximate surface area is 191 Å². The van der Waals surface area contributed by atoms with E-state index in [0.717, 1.165) is 42.8 Å². The zero-order valence-corrected chi connectivity index (χ0v) is 18.6. The quantitative estimate of drug-likeness (QED) is 0.327. The maximum atomic E-state index is 11.0. The minimum absolute atomic E-state index is 0.209. The third kappa shape index (κ3) is 12.4. The SMILES string of the molecule is CCN1CCN(Cc2cc(Br)ccc2[N+](=O)[O-])CC1.O=C(O)C(F)(F)F.O=C(O)C(F)(F)F. The normalized spacial score (nSPS) is 14.9. The molecule has 0 saturated carbocycles. The van der Waals surface area contributed by atoms with Gasteiger partial charge in [0, 0.05) is 48.8 Å². The minimum atomic E-state index is -5.08. The van der Waals surface area contributed by atoms with Crippen LogP contribution in [0.2, 0.25) is 0 Å². The summed E-state index contributed by atoms with van der Waals surface area (Å²) in [6.45, 7) is 7.90. The van der Waals surface area contributed by atoms with Gasteiger partial charge in [-0.25, -0.2) is 9.59 Å². The molecule has 1 fully saturated rings. The standard InChI is InChI=1S/C13H18BrN3O2.2C2HF3O2/c1-2-15-5-7-16(8-6-15)10-11-9-12(14)3-4-13(11)17(18)19;2*3-2(4,5)1(6)7/h3-4,9H,2,5-8,10H2,1H3;2*(H,6,7). The van der Waals surface area contributed by atoms with Crippen LogP contribution in [0, 0.1) is 10.1 Å². The van der Waals surface area contributed by atoms with Gasteiger partial charge in [-0.1, -0.05) is 22.9 Å². The molecule has 2 N–H and O–H groups in total. The zero-order chi connectivity index (χ0) is 26.0. The van der Waals surface area contributed by atoms with Crippen molar-refractivity contribution in [2.75, 3.05) is 32.7 Å². The zero-order valence-electron chi connectivity index (χ0n) is 17.0. The molecule has 0 spiro atoms. The molecule has 1 aliphatic heterocycles. The smallest absolute Gasteiger partial charge is 0.475 e. The van der Waals surface area contributed by atoms with Gasteiger partial charge < -0.3 is 15.1 Å². The molecule has 33 heavy (non-hydrogen) atoms. The van der Waals surface area contributed by atoms with E-state index < -0.39 is 24.3 Å². The molecule has 2 rings (SSSR count). The number of nitro benzene ring substituents is 1. The molecular weight excluding hydrogens is 536 g/mol. The first-order chi connectivity index (χ1) is 15.0. The molecular formula is C17H20BrF6N3O6. The molecule has 0 radical (unpaired) electrons. The molecule has 0 aromatic heterocycles. The lowest BCUT2D eigenvalue weighted by atomic mass is 10.1. The Balaban J connectivity index is 0.000000605. The van der Waals surface area contributed by atoms with E-state index >= 15 is 0 Å². The molecule has 1 aliphatic rings. The molecule has 16 heteroatoms. The van der Waals surface area contributed by atoms with Crippen LogP contribution in [-0.4, -0.2) is 82.0 Å². The van der Waals surface area contributed by atoms with Gasteiger partial charge in [-0.2, -0.15) is 26.3 Å². The molecule has 0 aliphatic carbocycles. The fraction of sp³-hybridized carbons (Fsp3) is 0.529. The summed E-state index contributed by atoms with van der Waals surface area (Å²) < 4.78 is 64.4. The van der Waals surface area contributed by atoms with Gasteiger partial charge in [0.2, 0.25) is 0 Å². The Kier molecular flexibility index (Phi) is 12.3. The number of alkyl halides is 6. The van der Waals surface area contributed by atoms with Crippen molar-refractivity contribution >= 4 is 33.6 Å². The van der Waals surface area contributed by atoms with Gasteiger partial charge in [-0.05, 0) is 18.7 Å². The van der Waals surface area contributed by atoms with E-state index in [2.05, 4.69) is 32.7 Å². The summed E-state index contributed by atoms with van der Waals surface area (Å²) in [5, 5.41) is 25.3. The van der Waals surface area contributed by atoms with Crippen LogP contribution in [0.5, 0.6) is 0 Å². The Hall–Kier alpha value is -2.46. The van der Waals surface area contributed by atoms with Crippen molar-refractivity contribution in [2.24, 2.45) is 0 Å². The van der Waals surface area contributed by atoms with Crippen LogP contribution in [0.4, 0.5) is 32.0 Å². The molecule has 188 valence electrons. The second-order valence-corrected chi connectivity index (χ2v) is 7.26.